The molecule has 3 aromatic heterocycles. The maximum Gasteiger partial charge on any atom is 0.153 e. The molecule has 0 atom stereocenters. The van der Waals surface area contributed by atoms with Crippen molar-refractivity contribution in [1.82, 2.24) is 15.2 Å². The predicted octanol–water partition coefficient (Wildman–Crippen LogP) is 3.34. The van der Waals surface area contributed by atoms with Crippen LogP contribution < -0.4 is 5.73 Å². The first-order chi connectivity index (χ1) is 9.29. The minimum Gasteiger partial charge on any atom is -0.382 e. The fourth-order valence-electron chi connectivity index (χ4n) is 2.04. The van der Waals surface area contributed by atoms with Crippen LogP contribution >= 0.6 is 11.3 Å². The number of aromatic amines is 1. The third-order valence-corrected chi connectivity index (χ3v) is 4.25. The predicted molar refractivity (Wildman–Crippen MR) is 78.9 cm³/mol. The molecule has 0 aromatic carbocycles. The number of pyridine rings is 1. The molecule has 0 aliphatic heterocycles. The lowest BCUT2D eigenvalue weighted by molar-refractivity contribution is 1.11. The van der Waals surface area contributed by atoms with Crippen LogP contribution in [0.25, 0.3) is 21.7 Å². The Hall–Kier alpha value is -2.14. The van der Waals surface area contributed by atoms with Crippen LogP contribution in [0.1, 0.15) is 11.8 Å². The highest BCUT2D eigenvalue weighted by Crippen LogP contribution is 2.37. The minimum atomic E-state index is 0.509. The molecule has 3 aromatic rings. The Bertz CT molecular complexity index is 685. The van der Waals surface area contributed by atoms with Gasteiger partial charge >= 0.3 is 0 Å². The van der Waals surface area contributed by atoms with Crippen LogP contribution in [0, 0.1) is 0 Å². The maximum absolute atomic E-state index is 5.98. The molecule has 19 heavy (non-hydrogen) atoms. The van der Waals surface area contributed by atoms with E-state index in [1.165, 1.54) is 4.88 Å². The second-order valence-corrected chi connectivity index (χ2v) is 5.39. The molecule has 0 saturated heterocycles. The Morgan fingerprint density at radius 3 is 2.89 bits per heavy atom. The van der Waals surface area contributed by atoms with Crippen molar-refractivity contribution in [3.63, 3.8) is 0 Å². The van der Waals surface area contributed by atoms with Crippen molar-refractivity contribution in [1.29, 1.82) is 0 Å². The largest absolute Gasteiger partial charge is 0.382 e. The van der Waals surface area contributed by atoms with E-state index in [-0.39, 0.29) is 0 Å². The van der Waals surface area contributed by atoms with Crippen LogP contribution in [-0.4, -0.2) is 15.2 Å². The molecule has 3 heterocycles. The summed E-state index contributed by atoms with van der Waals surface area (Å²) < 4.78 is 0. The molecule has 0 aliphatic rings. The number of hydrogen-bond acceptors (Lipinski definition) is 4. The molecule has 3 rings (SSSR count). The van der Waals surface area contributed by atoms with Gasteiger partial charge in [-0.1, -0.05) is 13.0 Å². The molecule has 0 bridgehead atoms. The second-order valence-electron chi connectivity index (χ2n) is 4.22. The summed E-state index contributed by atoms with van der Waals surface area (Å²) in [5.41, 5.74) is 8.86. The molecule has 0 fully saturated rings. The van der Waals surface area contributed by atoms with Crippen LogP contribution in [0.5, 0.6) is 0 Å². The fraction of sp³-hybridized carbons (Fsp3) is 0.143. The molecule has 0 aliphatic carbocycles. The summed E-state index contributed by atoms with van der Waals surface area (Å²) in [6.45, 7) is 2.15. The smallest absolute Gasteiger partial charge is 0.153 e. The molecule has 0 amide bonds. The average Bonchev–Trinajstić information content (AvgIpc) is 3.05. The summed E-state index contributed by atoms with van der Waals surface area (Å²) in [7, 11) is 0. The van der Waals surface area contributed by atoms with Gasteiger partial charge in [0.1, 0.15) is 0 Å². The van der Waals surface area contributed by atoms with E-state index in [9.17, 15) is 0 Å². The van der Waals surface area contributed by atoms with Crippen molar-refractivity contribution in [2.24, 2.45) is 0 Å². The number of nitrogens with zero attached hydrogens (tertiary/aromatic N) is 2. The Morgan fingerprint density at radius 1 is 1.32 bits per heavy atom. The van der Waals surface area contributed by atoms with Gasteiger partial charge < -0.3 is 5.73 Å². The zero-order chi connectivity index (χ0) is 13.2. The van der Waals surface area contributed by atoms with E-state index in [1.54, 1.807) is 23.7 Å². The third-order valence-electron chi connectivity index (χ3n) is 3.00. The number of anilines is 1. The van der Waals surface area contributed by atoms with Gasteiger partial charge in [-0.2, -0.15) is 5.10 Å². The molecule has 0 spiro atoms. The minimum absolute atomic E-state index is 0.509. The normalized spacial score (nSPS) is 10.8. The van der Waals surface area contributed by atoms with Gasteiger partial charge in [0.05, 0.1) is 16.1 Å². The van der Waals surface area contributed by atoms with Gasteiger partial charge in [-0.05, 0) is 24.6 Å². The lowest BCUT2D eigenvalue weighted by Crippen LogP contribution is -1.88. The summed E-state index contributed by atoms with van der Waals surface area (Å²) in [4.78, 5) is 6.64. The quantitative estimate of drug-likeness (QED) is 0.767. The Kier molecular flexibility index (Phi) is 3.05. The number of aryl methyl sites for hydroxylation is 1. The fourth-order valence-corrected chi connectivity index (χ4v) is 2.99. The number of nitrogens with one attached hydrogen (secondary N) is 1. The number of thiophene rings is 1. The van der Waals surface area contributed by atoms with Gasteiger partial charge in [-0.25, -0.2) is 0 Å². The zero-order valence-corrected chi connectivity index (χ0v) is 11.4. The van der Waals surface area contributed by atoms with Crippen LogP contribution in [0.15, 0.2) is 36.7 Å². The summed E-state index contributed by atoms with van der Waals surface area (Å²) >= 11 is 1.76. The van der Waals surface area contributed by atoms with Gasteiger partial charge in [0, 0.05) is 22.8 Å². The summed E-state index contributed by atoms with van der Waals surface area (Å²) in [6.07, 6.45) is 4.59. The number of nitrogens with two attached hydrogens (primary N) is 1. The third kappa shape index (κ3) is 2.13. The average molecular weight is 270 g/mol. The van der Waals surface area contributed by atoms with Gasteiger partial charge in [0.25, 0.3) is 0 Å². The zero-order valence-electron chi connectivity index (χ0n) is 10.6. The summed E-state index contributed by atoms with van der Waals surface area (Å²) in [5.74, 6) is 0.509. The van der Waals surface area contributed by atoms with Gasteiger partial charge in [-0.3, -0.25) is 10.1 Å². The lowest BCUT2D eigenvalue weighted by Gasteiger charge is -2.01. The molecule has 96 valence electrons. The first kappa shape index (κ1) is 11.9. The SMILES string of the molecule is CCc1ccc(-c2[nH]nc(N)c2-c2cccnc2)s1. The molecule has 0 saturated carbocycles. The first-order valence-electron chi connectivity index (χ1n) is 6.13. The lowest BCUT2D eigenvalue weighted by atomic mass is 10.1. The second kappa shape index (κ2) is 4.85. The van der Waals surface area contributed by atoms with E-state index in [0.29, 0.717) is 5.82 Å². The van der Waals surface area contributed by atoms with E-state index in [0.717, 1.165) is 28.1 Å². The van der Waals surface area contributed by atoms with Crippen molar-refractivity contribution in [3.05, 3.63) is 41.5 Å². The number of aromatic nitrogens is 3. The van der Waals surface area contributed by atoms with E-state index in [4.69, 9.17) is 5.73 Å². The van der Waals surface area contributed by atoms with Crippen LogP contribution in [0.4, 0.5) is 5.82 Å². The van der Waals surface area contributed by atoms with Crippen LogP contribution in [0.3, 0.4) is 0 Å². The van der Waals surface area contributed by atoms with E-state index in [2.05, 4.69) is 34.2 Å². The maximum atomic E-state index is 5.98. The van der Waals surface area contributed by atoms with Gasteiger partial charge in [-0.15, -0.1) is 11.3 Å². The number of rotatable bonds is 3. The van der Waals surface area contributed by atoms with Gasteiger partial charge in [0.15, 0.2) is 5.82 Å². The van der Waals surface area contributed by atoms with E-state index >= 15 is 0 Å². The molecular formula is C14H14N4S. The molecule has 0 unspecified atom stereocenters. The summed E-state index contributed by atoms with van der Waals surface area (Å²) in [6, 6.07) is 8.14. The van der Waals surface area contributed by atoms with Crippen molar-refractivity contribution in [2.45, 2.75) is 13.3 Å². The highest BCUT2D eigenvalue weighted by atomic mass is 32.1. The topological polar surface area (TPSA) is 67.6 Å². The van der Waals surface area contributed by atoms with Crippen LogP contribution in [0.2, 0.25) is 0 Å². The van der Waals surface area contributed by atoms with Crippen LogP contribution in [-0.2, 0) is 6.42 Å². The number of H-pyrrole nitrogens is 1. The molecule has 4 nitrogen and oxygen atoms in total. The molecule has 3 N–H and O–H groups in total. The highest BCUT2D eigenvalue weighted by molar-refractivity contribution is 7.15. The number of nitrogen functional groups attached to an aromatic ring is 1. The monoisotopic (exact) mass is 270 g/mol. The molecular weight excluding hydrogens is 256 g/mol. The van der Waals surface area contributed by atoms with E-state index < -0.39 is 0 Å². The number of hydrogen-bond donors (Lipinski definition) is 2. The van der Waals surface area contributed by atoms with E-state index in [1.807, 2.05) is 12.1 Å². The van der Waals surface area contributed by atoms with Crippen molar-refractivity contribution in [3.8, 4) is 21.7 Å². The first-order valence-corrected chi connectivity index (χ1v) is 6.94. The summed E-state index contributed by atoms with van der Waals surface area (Å²) in [5, 5.41) is 7.17. The standard InChI is InChI=1S/C14H14N4S/c1-2-10-5-6-11(19-10)13-12(14(15)18-17-13)9-4-3-7-16-8-9/h3-8H,2H2,1H3,(H3,15,17,18). The van der Waals surface area contributed by atoms with Crippen molar-refractivity contribution >= 4 is 17.2 Å². The molecule has 5 heteroatoms. The Labute approximate surface area is 115 Å². The Balaban J connectivity index is 2.13. The van der Waals surface area contributed by atoms with Crippen molar-refractivity contribution in [2.75, 3.05) is 5.73 Å². The Morgan fingerprint density at radius 2 is 2.21 bits per heavy atom. The highest BCUT2D eigenvalue weighted by Gasteiger charge is 2.16. The molecule has 0 radical (unpaired) electrons. The van der Waals surface area contributed by atoms with Crippen molar-refractivity contribution < 1.29 is 0 Å². The van der Waals surface area contributed by atoms with Gasteiger partial charge in [0.2, 0.25) is 0 Å².